The van der Waals surface area contributed by atoms with E-state index in [1.165, 1.54) is 30.4 Å². The first-order chi connectivity index (χ1) is 12.8. The lowest BCUT2D eigenvalue weighted by Crippen LogP contribution is -2.49. The zero-order chi connectivity index (χ0) is 17.8. The first kappa shape index (κ1) is 17.3. The smallest absolute Gasteiger partial charge is 0.254 e. The van der Waals surface area contributed by atoms with E-state index in [0.29, 0.717) is 12.0 Å². The van der Waals surface area contributed by atoms with Gasteiger partial charge in [-0.25, -0.2) is 0 Å². The lowest BCUT2D eigenvalue weighted by atomic mass is 10.00. The van der Waals surface area contributed by atoms with Gasteiger partial charge in [0, 0.05) is 24.7 Å². The Morgan fingerprint density at radius 1 is 0.923 bits per heavy atom. The molecule has 1 saturated heterocycles. The SMILES string of the molecule is O=C(c1ccccc1)N1CCCCC1CNCC1Cc2ccccc2C1. The van der Waals surface area contributed by atoms with Gasteiger partial charge in [-0.1, -0.05) is 42.5 Å². The number of nitrogens with zero attached hydrogens (tertiary/aromatic N) is 1. The highest BCUT2D eigenvalue weighted by Gasteiger charge is 2.28. The normalized spacial score (nSPS) is 20.2. The van der Waals surface area contributed by atoms with Crippen molar-refractivity contribution in [2.45, 2.75) is 38.1 Å². The number of carbonyl (C=O) groups excluding carboxylic acids is 1. The predicted octanol–water partition coefficient (Wildman–Crippen LogP) is 3.69. The summed E-state index contributed by atoms with van der Waals surface area (Å²) in [4.78, 5) is 15.0. The molecule has 0 bridgehead atoms. The largest absolute Gasteiger partial charge is 0.334 e. The molecule has 2 aliphatic rings. The number of rotatable bonds is 5. The number of nitrogens with one attached hydrogen (secondary N) is 1. The Labute approximate surface area is 156 Å². The fourth-order valence-corrected chi connectivity index (χ4v) is 4.48. The number of hydrogen-bond acceptors (Lipinski definition) is 2. The van der Waals surface area contributed by atoms with Crippen molar-refractivity contribution in [3.05, 3.63) is 71.3 Å². The Balaban J connectivity index is 1.31. The van der Waals surface area contributed by atoms with Gasteiger partial charge in [-0.3, -0.25) is 4.79 Å². The molecule has 1 heterocycles. The second-order valence-electron chi connectivity index (χ2n) is 7.72. The minimum Gasteiger partial charge on any atom is -0.334 e. The molecule has 26 heavy (non-hydrogen) atoms. The summed E-state index contributed by atoms with van der Waals surface area (Å²) in [6.07, 6.45) is 5.81. The number of likely N-dealkylation sites (tertiary alicyclic amines) is 1. The van der Waals surface area contributed by atoms with Crippen LogP contribution in [0.25, 0.3) is 0 Å². The quantitative estimate of drug-likeness (QED) is 0.894. The molecule has 1 fully saturated rings. The van der Waals surface area contributed by atoms with E-state index >= 15 is 0 Å². The lowest BCUT2D eigenvalue weighted by molar-refractivity contribution is 0.0611. The maximum absolute atomic E-state index is 12.9. The predicted molar refractivity (Wildman–Crippen MR) is 105 cm³/mol. The van der Waals surface area contributed by atoms with E-state index < -0.39 is 0 Å². The maximum Gasteiger partial charge on any atom is 0.254 e. The van der Waals surface area contributed by atoms with Gasteiger partial charge in [0.05, 0.1) is 0 Å². The third-order valence-electron chi connectivity index (χ3n) is 5.86. The third kappa shape index (κ3) is 3.83. The minimum atomic E-state index is 0.186. The standard InChI is InChI=1S/C23H28N2O/c26-23(19-8-2-1-3-9-19)25-13-7-6-12-22(25)17-24-16-18-14-20-10-4-5-11-21(20)15-18/h1-5,8-11,18,22,24H,6-7,12-17H2. The van der Waals surface area contributed by atoms with Gasteiger partial charge in [0.25, 0.3) is 5.91 Å². The van der Waals surface area contributed by atoms with Gasteiger partial charge in [-0.2, -0.15) is 0 Å². The van der Waals surface area contributed by atoms with E-state index in [-0.39, 0.29) is 5.91 Å². The summed E-state index contributed by atoms with van der Waals surface area (Å²) >= 11 is 0. The molecule has 1 unspecified atom stereocenters. The Bertz CT molecular complexity index is 718. The topological polar surface area (TPSA) is 32.3 Å². The van der Waals surface area contributed by atoms with E-state index in [1.807, 2.05) is 30.3 Å². The van der Waals surface area contributed by atoms with Crippen LogP contribution in [0.4, 0.5) is 0 Å². The van der Waals surface area contributed by atoms with Crippen LogP contribution in [0, 0.1) is 5.92 Å². The van der Waals surface area contributed by atoms with Crippen LogP contribution in [0.3, 0.4) is 0 Å². The number of piperidine rings is 1. The maximum atomic E-state index is 12.9. The fourth-order valence-electron chi connectivity index (χ4n) is 4.48. The Kier molecular flexibility index (Phi) is 5.35. The van der Waals surface area contributed by atoms with Crippen LogP contribution >= 0.6 is 0 Å². The molecule has 1 N–H and O–H groups in total. The molecular formula is C23H28N2O. The van der Waals surface area contributed by atoms with Gasteiger partial charge in [-0.05, 0) is 67.8 Å². The van der Waals surface area contributed by atoms with Crippen LogP contribution in [0.2, 0.25) is 0 Å². The summed E-state index contributed by atoms with van der Waals surface area (Å²) in [7, 11) is 0. The monoisotopic (exact) mass is 348 g/mol. The van der Waals surface area contributed by atoms with Crippen LogP contribution in [0.15, 0.2) is 54.6 Å². The molecule has 3 heteroatoms. The van der Waals surface area contributed by atoms with Crippen molar-refractivity contribution in [3.8, 4) is 0 Å². The number of hydrogen-bond donors (Lipinski definition) is 1. The molecule has 3 nitrogen and oxygen atoms in total. The van der Waals surface area contributed by atoms with Gasteiger partial charge < -0.3 is 10.2 Å². The second-order valence-corrected chi connectivity index (χ2v) is 7.72. The summed E-state index contributed by atoms with van der Waals surface area (Å²) in [6, 6.07) is 18.8. The fraction of sp³-hybridized carbons (Fsp3) is 0.435. The Hall–Kier alpha value is -2.13. The molecular weight excluding hydrogens is 320 g/mol. The van der Waals surface area contributed by atoms with E-state index in [9.17, 15) is 4.79 Å². The molecule has 1 amide bonds. The van der Waals surface area contributed by atoms with Crippen LogP contribution in [0.5, 0.6) is 0 Å². The summed E-state index contributed by atoms with van der Waals surface area (Å²) in [5, 5.41) is 3.67. The van der Waals surface area contributed by atoms with Crippen molar-refractivity contribution >= 4 is 5.91 Å². The van der Waals surface area contributed by atoms with Crippen molar-refractivity contribution < 1.29 is 4.79 Å². The van der Waals surface area contributed by atoms with Gasteiger partial charge in [-0.15, -0.1) is 0 Å². The summed E-state index contributed by atoms with van der Waals surface area (Å²) in [6.45, 7) is 2.83. The number of carbonyl (C=O) groups is 1. The molecule has 1 atom stereocenters. The van der Waals surface area contributed by atoms with Gasteiger partial charge in [0.1, 0.15) is 0 Å². The zero-order valence-electron chi connectivity index (χ0n) is 15.4. The summed E-state index contributed by atoms with van der Waals surface area (Å²) in [5.41, 5.74) is 3.83. The van der Waals surface area contributed by atoms with E-state index in [1.54, 1.807) is 0 Å². The minimum absolute atomic E-state index is 0.186. The van der Waals surface area contributed by atoms with Crippen LogP contribution in [-0.2, 0) is 12.8 Å². The van der Waals surface area contributed by atoms with Crippen LogP contribution in [0.1, 0.15) is 40.7 Å². The highest BCUT2D eigenvalue weighted by Crippen LogP contribution is 2.26. The Morgan fingerprint density at radius 3 is 2.35 bits per heavy atom. The number of fused-ring (bicyclic) bond motifs is 1. The van der Waals surface area contributed by atoms with Crippen molar-refractivity contribution in [2.24, 2.45) is 5.92 Å². The molecule has 2 aromatic rings. The van der Waals surface area contributed by atoms with Gasteiger partial charge >= 0.3 is 0 Å². The van der Waals surface area contributed by atoms with Crippen molar-refractivity contribution in [2.75, 3.05) is 19.6 Å². The van der Waals surface area contributed by atoms with Crippen LogP contribution in [-0.4, -0.2) is 36.5 Å². The molecule has 136 valence electrons. The third-order valence-corrected chi connectivity index (χ3v) is 5.86. The second kappa shape index (κ2) is 8.05. The molecule has 0 aromatic heterocycles. The molecule has 1 aliphatic heterocycles. The van der Waals surface area contributed by atoms with Gasteiger partial charge in [0.15, 0.2) is 0 Å². The average molecular weight is 348 g/mol. The highest BCUT2D eigenvalue weighted by molar-refractivity contribution is 5.94. The molecule has 0 radical (unpaired) electrons. The lowest BCUT2D eigenvalue weighted by Gasteiger charge is -2.36. The molecule has 0 saturated carbocycles. The number of benzene rings is 2. The molecule has 0 spiro atoms. The van der Waals surface area contributed by atoms with Crippen LogP contribution < -0.4 is 5.32 Å². The van der Waals surface area contributed by atoms with Crippen molar-refractivity contribution in [3.63, 3.8) is 0 Å². The van der Waals surface area contributed by atoms with E-state index in [4.69, 9.17) is 0 Å². The molecule has 1 aliphatic carbocycles. The highest BCUT2D eigenvalue weighted by atomic mass is 16.2. The van der Waals surface area contributed by atoms with Crippen molar-refractivity contribution in [1.82, 2.24) is 10.2 Å². The number of amides is 1. The van der Waals surface area contributed by atoms with E-state index in [0.717, 1.165) is 38.0 Å². The van der Waals surface area contributed by atoms with Gasteiger partial charge in [0.2, 0.25) is 0 Å². The molecule has 2 aromatic carbocycles. The average Bonchev–Trinajstić information content (AvgIpc) is 3.11. The zero-order valence-corrected chi connectivity index (χ0v) is 15.4. The summed E-state index contributed by atoms with van der Waals surface area (Å²) in [5.74, 6) is 0.875. The van der Waals surface area contributed by atoms with E-state index in [2.05, 4.69) is 34.5 Å². The summed E-state index contributed by atoms with van der Waals surface area (Å²) < 4.78 is 0. The first-order valence-electron chi connectivity index (χ1n) is 9.95. The Morgan fingerprint density at radius 2 is 1.62 bits per heavy atom. The van der Waals surface area contributed by atoms with Crippen molar-refractivity contribution in [1.29, 1.82) is 0 Å². The first-order valence-corrected chi connectivity index (χ1v) is 9.95. The molecule has 4 rings (SSSR count).